The molecule has 0 saturated carbocycles. The Morgan fingerprint density at radius 1 is 0.833 bits per heavy atom. The van der Waals surface area contributed by atoms with E-state index >= 15 is 0 Å². The zero-order valence-electron chi connectivity index (χ0n) is 10.1. The minimum absolute atomic E-state index is 0.289. The maximum absolute atomic E-state index is 9.30. The highest BCUT2D eigenvalue weighted by Crippen LogP contribution is 2.25. The predicted octanol–water partition coefficient (Wildman–Crippen LogP) is 3.92. The van der Waals surface area contributed by atoms with Gasteiger partial charge in [0.15, 0.2) is 0 Å². The van der Waals surface area contributed by atoms with Crippen LogP contribution in [0.4, 0.5) is 0 Å². The Morgan fingerprint density at radius 2 is 1.56 bits per heavy atom. The largest absolute Gasteiger partial charge is 0.508 e. The van der Waals surface area contributed by atoms with Gasteiger partial charge in [0, 0.05) is 11.1 Å². The molecule has 2 nitrogen and oxygen atoms in total. The van der Waals surface area contributed by atoms with Crippen LogP contribution in [0.1, 0.15) is 5.69 Å². The zero-order chi connectivity index (χ0) is 12.5. The summed E-state index contributed by atoms with van der Waals surface area (Å²) in [5.74, 6) is 0.289. The molecule has 0 amide bonds. The quantitative estimate of drug-likeness (QED) is 0.693. The van der Waals surface area contributed by atoms with Gasteiger partial charge in [-0.15, -0.1) is 0 Å². The third-order valence-corrected chi connectivity index (χ3v) is 3.03. The topological polar surface area (TPSA) is 33.1 Å². The summed E-state index contributed by atoms with van der Waals surface area (Å²) in [5, 5.41) is 10.4. The first-order valence-corrected chi connectivity index (χ1v) is 5.89. The van der Waals surface area contributed by atoms with Crippen LogP contribution < -0.4 is 0 Å². The van der Waals surface area contributed by atoms with E-state index in [0.717, 1.165) is 27.7 Å². The number of aromatic nitrogens is 1. The lowest BCUT2D eigenvalue weighted by atomic mass is 10.0. The van der Waals surface area contributed by atoms with E-state index in [1.807, 2.05) is 31.2 Å². The third kappa shape index (κ3) is 1.93. The van der Waals surface area contributed by atoms with Crippen LogP contribution >= 0.6 is 0 Å². The molecule has 3 aromatic rings. The van der Waals surface area contributed by atoms with Crippen LogP contribution in [0.15, 0.2) is 54.6 Å². The van der Waals surface area contributed by atoms with Crippen molar-refractivity contribution >= 4 is 10.9 Å². The lowest BCUT2D eigenvalue weighted by Crippen LogP contribution is -1.84. The van der Waals surface area contributed by atoms with Crippen LogP contribution in [-0.4, -0.2) is 10.1 Å². The van der Waals surface area contributed by atoms with Gasteiger partial charge in [0.1, 0.15) is 5.75 Å². The minimum atomic E-state index is 0.289. The van der Waals surface area contributed by atoms with E-state index in [0.29, 0.717) is 0 Å². The molecule has 2 aromatic carbocycles. The Bertz CT molecular complexity index is 702. The van der Waals surface area contributed by atoms with Crippen molar-refractivity contribution in [3.05, 3.63) is 60.3 Å². The maximum Gasteiger partial charge on any atom is 0.115 e. The normalized spacial score (nSPS) is 10.7. The number of nitrogens with zero attached hydrogens (tertiary/aromatic N) is 1. The second kappa shape index (κ2) is 4.15. The Morgan fingerprint density at radius 3 is 2.33 bits per heavy atom. The summed E-state index contributed by atoms with van der Waals surface area (Å²) in [6.45, 7) is 1.99. The first-order valence-electron chi connectivity index (χ1n) is 5.89. The monoisotopic (exact) mass is 235 g/mol. The van der Waals surface area contributed by atoms with Gasteiger partial charge in [0.25, 0.3) is 0 Å². The van der Waals surface area contributed by atoms with Crippen LogP contribution in [0.3, 0.4) is 0 Å². The molecule has 18 heavy (non-hydrogen) atoms. The average molecular weight is 235 g/mol. The van der Waals surface area contributed by atoms with Gasteiger partial charge < -0.3 is 5.11 Å². The molecule has 0 spiro atoms. The van der Waals surface area contributed by atoms with Crippen LogP contribution in [-0.2, 0) is 0 Å². The summed E-state index contributed by atoms with van der Waals surface area (Å²) in [5.41, 5.74) is 4.26. The molecular weight excluding hydrogens is 222 g/mol. The number of benzene rings is 2. The second-order valence-electron chi connectivity index (χ2n) is 4.41. The molecule has 0 aliphatic rings. The number of rotatable bonds is 1. The Labute approximate surface area is 106 Å². The number of phenolic OH excluding ortho intramolecular Hbond substituents is 1. The molecule has 0 radical (unpaired) electrons. The number of fused-ring (bicyclic) bond motifs is 1. The molecule has 0 aliphatic carbocycles. The molecule has 0 aliphatic heterocycles. The van der Waals surface area contributed by atoms with Crippen LogP contribution in [0, 0.1) is 6.92 Å². The Kier molecular flexibility index (Phi) is 2.49. The van der Waals surface area contributed by atoms with Crippen LogP contribution in [0.5, 0.6) is 5.75 Å². The van der Waals surface area contributed by atoms with E-state index in [-0.39, 0.29) is 5.75 Å². The van der Waals surface area contributed by atoms with Crippen molar-refractivity contribution in [3.8, 4) is 16.9 Å². The summed E-state index contributed by atoms with van der Waals surface area (Å²) >= 11 is 0. The van der Waals surface area contributed by atoms with Crippen LogP contribution in [0.25, 0.3) is 22.0 Å². The van der Waals surface area contributed by atoms with Gasteiger partial charge >= 0.3 is 0 Å². The SMILES string of the molecule is Cc1ccc2cc(-c3ccc(O)cc3)ccc2n1. The highest BCUT2D eigenvalue weighted by Gasteiger charge is 2.01. The van der Waals surface area contributed by atoms with Crippen molar-refractivity contribution in [2.45, 2.75) is 6.92 Å². The summed E-state index contributed by atoms with van der Waals surface area (Å²) in [7, 11) is 0. The highest BCUT2D eigenvalue weighted by atomic mass is 16.3. The average Bonchev–Trinajstić information content (AvgIpc) is 2.39. The molecule has 0 bridgehead atoms. The van der Waals surface area contributed by atoms with Crippen molar-refractivity contribution in [1.29, 1.82) is 0 Å². The highest BCUT2D eigenvalue weighted by molar-refractivity contribution is 5.84. The Hall–Kier alpha value is -2.35. The minimum Gasteiger partial charge on any atom is -0.508 e. The molecule has 1 aromatic heterocycles. The maximum atomic E-state index is 9.30. The van der Waals surface area contributed by atoms with E-state index in [1.54, 1.807) is 12.1 Å². The number of aryl methyl sites for hydroxylation is 1. The first kappa shape index (κ1) is 10.8. The molecule has 0 unspecified atom stereocenters. The number of pyridine rings is 1. The van der Waals surface area contributed by atoms with E-state index in [2.05, 4.69) is 23.2 Å². The standard InChI is InChI=1S/C16H13NO/c1-11-2-3-14-10-13(6-9-16(14)17-11)12-4-7-15(18)8-5-12/h2-10,18H,1H3. The molecule has 2 heteroatoms. The van der Waals surface area contributed by atoms with Crippen molar-refractivity contribution < 1.29 is 5.11 Å². The van der Waals surface area contributed by atoms with Gasteiger partial charge in [-0.05, 0) is 48.4 Å². The number of phenols is 1. The fourth-order valence-corrected chi connectivity index (χ4v) is 2.06. The molecule has 0 fully saturated rings. The van der Waals surface area contributed by atoms with Gasteiger partial charge in [-0.2, -0.15) is 0 Å². The van der Waals surface area contributed by atoms with Gasteiger partial charge in [0.05, 0.1) is 5.52 Å². The van der Waals surface area contributed by atoms with E-state index in [4.69, 9.17) is 0 Å². The van der Waals surface area contributed by atoms with Crippen molar-refractivity contribution in [2.75, 3.05) is 0 Å². The molecule has 0 saturated heterocycles. The van der Waals surface area contributed by atoms with Crippen LogP contribution in [0.2, 0.25) is 0 Å². The second-order valence-corrected chi connectivity index (χ2v) is 4.41. The molecule has 1 N–H and O–H groups in total. The van der Waals surface area contributed by atoms with E-state index in [1.165, 1.54) is 0 Å². The van der Waals surface area contributed by atoms with Crippen molar-refractivity contribution in [1.82, 2.24) is 4.98 Å². The smallest absolute Gasteiger partial charge is 0.115 e. The van der Waals surface area contributed by atoms with Crippen molar-refractivity contribution in [2.24, 2.45) is 0 Å². The molecule has 0 atom stereocenters. The van der Waals surface area contributed by atoms with E-state index < -0.39 is 0 Å². The van der Waals surface area contributed by atoms with Crippen molar-refractivity contribution in [3.63, 3.8) is 0 Å². The number of hydrogen-bond acceptors (Lipinski definition) is 2. The number of aromatic hydroxyl groups is 1. The molecular formula is C16H13NO. The Balaban J connectivity index is 2.13. The van der Waals surface area contributed by atoms with Gasteiger partial charge in [-0.1, -0.05) is 24.3 Å². The summed E-state index contributed by atoms with van der Waals surface area (Å²) < 4.78 is 0. The summed E-state index contributed by atoms with van der Waals surface area (Å²) in [6.07, 6.45) is 0. The fraction of sp³-hybridized carbons (Fsp3) is 0.0625. The number of hydrogen-bond donors (Lipinski definition) is 1. The molecule has 88 valence electrons. The summed E-state index contributed by atoms with van der Waals surface area (Å²) in [6, 6.07) is 17.5. The molecule has 3 rings (SSSR count). The predicted molar refractivity (Wildman–Crippen MR) is 73.6 cm³/mol. The molecule has 1 heterocycles. The fourth-order valence-electron chi connectivity index (χ4n) is 2.06. The van der Waals surface area contributed by atoms with E-state index in [9.17, 15) is 5.11 Å². The lowest BCUT2D eigenvalue weighted by molar-refractivity contribution is 0.475. The summed E-state index contributed by atoms with van der Waals surface area (Å²) in [4.78, 5) is 4.48. The van der Waals surface area contributed by atoms with Gasteiger partial charge in [0.2, 0.25) is 0 Å². The lowest BCUT2D eigenvalue weighted by Gasteiger charge is -2.04. The first-order chi connectivity index (χ1) is 8.72. The third-order valence-electron chi connectivity index (χ3n) is 3.03. The van der Waals surface area contributed by atoms with Gasteiger partial charge in [-0.3, -0.25) is 4.98 Å². The zero-order valence-corrected chi connectivity index (χ0v) is 10.1. The van der Waals surface area contributed by atoms with Gasteiger partial charge in [-0.25, -0.2) is 0 Å².